The van der Waals surface area contributed by atoms with E-state index in [2.05, 4.69) is 12.6 Å². The van der Waals surface area contributed by atoms with Crippen molar-refractivity contribution in [2.24, 2.45) is 0 Å². The Balaban J connectivity index is 4.04. The van der Waals surface area contributed by atoms with Gasteiger partial charge in [0.15, 0.2) is 0 Å². The highest BCUT2D eigenvalue weighted by molar-refractivity contribution is 7.82. The van der Waals surface area contributed by atoms with Gasteiger partial charge in [-0.15, -0.1) is 0 Å². The van der Waals surface area contributed by atoms with E-state index in [9.17, 15) is 0 Å². The Morgan fingerprint density at radius 2 is 2.08 bits per heavy atom. The summed E-state index contributed by atoms with van der Waals surface area (Å²) in [6.07, 6.45) is 6.70. The van der Waals surface area contributed by atoms with Gasteiger partial charge in [0.25, 0.3) is 0 Å². The maximum absolute atomic E-state index is 8.71. The Kier molecular flexibility index (Phi) is 5.34. The van der Waals surface area contributed by atoms with Crippen LogP contribution in [0.4, 0.5) is 0 Å². The number of hydrogen-bond acceptors (Lipinski definition) is 2. The van der Waals surface area contributed by atoms with Crippen molar-refractivity contribution in [3.05, 3.63) is 23.8 Å². The molecule has 1 nitrogen and oxygen atoms in total. The third kappa shape index (κ3) is 6.50. The summed E-state index contributed by atoms with van der Waals surface area (Å²) in [7, 11) is 0. The van der Waals surface area contributed by atoms with Crippen molar-refractivity contribution < 1.29 is 5.11 Å². The molecule has 0 bridgehead atoms. The van der Waals surface area contributed by atoms with E-state index < -0.39 is 0 Å². The molecule has 1 atom stereocenters. The smallest absolute Gasteiger partial charge is 0.0447 e. The van der Waals surface area contributed by atoms with E-state index in [4.69, 9.17) is 5.11 Å². The molecule has 0 rings (SSSR count). The van der Waals surface area contributed by atoms with E-state index in [1.54, 1.807) is 0 Å². The first-order chi connectivity index (χ1) is 5.48. The number of rotatable bonds is 4. The normalized spacial score (nSPS) is 16.1. The van der Waals surface area contributed by atoms with Crippen LogP contribution in [0.2, 0.25) is 0 Å². The molecule has 12 heavy (non-hydrogen) atoms. The summed E-state index contributed by atoms with van der Waals surface area (Å²) in [6.45, 7) is 6.26. The maximum atomic E-state index is 8.71. The summed E-state index contributed by atoms with van der Waals surface area (Å²) >= 11 is 4.39. The van der Waals surface area contributed by atoms with Crippen LogP contribution in [0.5, 0.6) is 0 Å². The summed E-state index contributed by atoms with van der Waals surface area (Å²) < 4.78 is -0.194. The van der Waals surface area contributed by atoms with Crippen LogP contribution in [0, 0.1) is 0 Å². The molecule has 1 unspecified atom stereocenters. The third-order valence-corrected chi connectivity index (χ3v) is 1.88. The molecule has 0 fully saturated rings. The molecular formula is C10H18OS. The van der Waals surface area contributed by atoms with Gasteiger partial charge in [-0.05, 0) is 27.2 Å². The molecule has 0 heterocycles. The van der Waals surface area contributed by atoms with Crippen LogP contribution in [0.3, 0.4) is 0 Å². The fourth-order valence-corrected chi connectivity index (χ4v) is 0.944. The molecule has 0 saturated carbocycles. The fourth-order valence-electron chi connectivity index (χ4n) is 0.758. The molecule has 0 aliphatic carbocycles. The van der Waals surface area contributed by atoms with E-state index in [-0.39, 0.29) is 11.4 Å². The van der Waals surface area contributed by atoms with E-state index in [1.165, 1.54) is 5.57 Å². The molecule has 0 aliphatic rings. The van der Waals surface area contributed by atoms with Crippen LogP contribution in [0.25, 0.3) is 0 Å². The van der Waals surface area contributed by atoms with Crippen LogP contribution in [0.15, 0.2) is 23.8 Å². The molecule has 0 saturated heterocycles. The van der Waals surface area contributed by atoms with Crippen molar-refractivity contribution in [1.29, 1.82) is 0 Å². The number of allylic oxidation sites excluding steroid dienone is 3. The summed E-state index contributed by atoms with van der Waals surface area (Å²) in [5.41, 5.74) is 1.26. The van der Waals surface area contributed by atoms with Crippen LogP contribution in [-0.2, 0) is 0 Å². The van der Waals surface area contributed by atoms with Crippen molar-refractivity contribution in [2.45, 2.75) is 31.9 Å². The average molecular weight is 186 g/mol. The predicted molar refractivity (Wildman–Crippen MR) is 57.7 cm³/mol. The maximum Gasteiger partial charge on any atom is 0.0447 e. The van der Waals surface area contributed by atoms with Crippen molar-refractivity contribution in [3.63, 3.8) is 0 Å². The van der Waals surface area contributed by atoms with Crippen molar-refractivity contribution in [1.82, 2.24) is 0 Å². The topological polar surface area (TPSA) is 20.2 Å². The van der Waals surface area contributed by atoms with E-state index in [0.717, 1.165) is 0 Å². The number of aliphatic hydroxyl groups is 1. The Labute approximate surface area is 80.6 Å². The fraction of sp³-hybridized carbons (Fsp3) is 0.600. The molecule has 0 aromatic heterocycles. The van der Waals surface area contributed by atoms with E-state index in [1.807, 2.05) is 39.0 Å². The number of hydrogen-bond donors (Lipinski definition) is 2. The zero-order valence-electron chi connectivity index (χ0n) is 8.04. The van der Waals surface area contributed by atoms with E-state index in [0.29, 0.717) is 6.42 Å². The first-order valence-electron chi connectivity index (χ1n) is 4.14. The lowest BCUT2D eigenvalue weighted by atomic mass is 10.1. The highest BCUT2D eigenvalue weighted by atomic mass is 32.1. The highest BCUT2D eigenvalue weighted by Gasteiger charge is 2.12. The Hall–Kier alpha value is -0.210. The van der Waals surface area contributed by atoms with Crippen LogP contribution >= 0.6 is 12.6 Å². The molecule has 1 N–H and O–H groups in total. The molecule has 0 aliphatic heterocycles. The van der Waals surface area contributed by atoms with Gasteiger partial charge < -0.3 is 5.11 Å². The van der Waals surface area contributed by atoms with Crippen molar-refractivity contribution in [2.75, 3.05) is 6.61 Å². The molecule has 0 aromatic rings. The van der Waals surface area contributed by atoms with Crippen molar-refractivity contribution in [3.8, 4) is 0 Å². The SMILES string of the molecule is CC(C)=C/C=C/C(C)(S)CCO. The van der Waals surface area contributed by atoms with Gasteiger partial charge in [-0.3, -0.25) is 0 Å². The number of thiol groups is 1. The van der Waals surface area contributed by atoms with Crippen LogP contribution in [0.1, 0.15) is 27.2 Å². The average Bonchev–Trinajstić information content (AvgIpc) is 1.85. The van der Waals surface area contributed by atoms with E-state index >= 15 is 0 Å². The lowest BCUT2D eigenvalue weighted by Crippen LogP contribution is -2.14. The van der Waals surface area contributed by atoms with Gasteiger partial charge >= 0.3 is 0 Å². The molecular weight excluding hydrogens is 168 g/mol. The van der Waals surface area contributed by atoms with Crippen LogP contribution in [-0.4, -0.2) is 16.5 Å². The second-order valence-electron chi connectivity index (χ2n) is 3.43. The largest absolute Gasteiger partial charge is 0.396 e. The standard InChI is InChI=1S/C10H18OS/c1-9(2)5-4-6-10(3,12)7-8-11/h4-6,11-12H,7-8H2,1-3H3/b6-4+. The third-order valence-electron chi connectivity index (χ3n) is 1.50. The second-order valence-corrected chi connectivity index (χ2v) is 4.46. The summed E-state index contributed by atoms with van der Waals surface area (Å²) in [5.74, 6) is 0. The molecule has 2 heteroatoms. The Morgan fingerprint density at radius 3 is 2.50 bits per heavy atom. The van der Waals surface area contributed by atoms with Gasteiger partial charge in [0.2, 0.25) is 0 Å². The quantitative estimate of drug-likeness (QED) is 0.511. The highest BCUT2D eigenvalue weighted by Crippen LogP contribution is 2.19. The Morgan fingerprint density at radius 1 is 1.50 bits per heavy atom. The lowest BCUT2D eigenvalue weighted by molar-refractivity contribution is 0.280. The zero-order valence-corrected chi connectivity index (χ0v) is 8.94. The van der Waals surface area contributed by atoms with Gasteiger partial charge in [-0.1, -0.05) is 23.8 Å². The van der Waals surface area contributed by atoms with Gasteiger partial charge in [0, 0.05) is 11.4 Å². The second kappa shape index (κ2) is 5.44. The summed E-state index contributed by atoms with van der Waals surface area (Å²) in [4.78, 5) is 0. The van der Waals surface area contributed by atoms with Gasteiger partial charge in [0.1, 0.15) is 0 Å². The summed E-state index contributed by atoms with van der Waals surface area (Å²) in [6, 6.07) is 0. The van der Waals surface area contributed by atoms with Gasteiger partial charge in [-0.2, -0.15) is 12.6 Å². The zero-order chi connectivity index (χ0) is 9.61. The first kappa shape index (κ1) is 11.8. The summed E-state index contributed by atoms with van der Waals surface area (Å²) in [5, 5.41) is 8.71. The number of aliphatic hydroxyl groups excluding tert-OH is 1. The van der Waals surface area contributed by atoms with Gasteiger partial charge in [0.05, 0.1) is 0 Å². The predicted octanol–water partition coefficient (Wildman–Crippen LogP) is 2.58. The minimum absolute atomic E-state index is 0.180. The molecule has 0 spiro atoms. The Bertz CT molecular complexity index is 176. The minimum Gasteiger partial charge on any atom is -0.396 e. The first-order valence-corrected chi connectivity index (χ1v) is 4.58. The van der Waals surface area contributed by atoms with Crippen LogP contribution < -0.4 is 0 Å². The molecule has 70 valence electrons. The monoisotopic (exact) mass is 186 g/mol. The minimum atomic E-state index is -0.194. The lowest BCUT2D eigenvalue weighted by Gasteiger charge is -2.16. The molecule has 0 amide bonds. The molecule has 0 aromatic carbocycles. The van der Waals surface area contributed by atoms with Gasteiger partial charge in [-0.25, -0.2) is 0 Å². The molecule has 0 radical (unpaired) electrons. The van der Waals surface area contributed by atoms with Crippen molar-refractivity contribution >= 4 is 12.6 Å².